The Hall–Kier alpha value is -1.36. The summed E-state index contributed by atoms with van der Waals surface area (Å²) in [5.41, 5.74) is 1.07. The molecule has 0 amide bonds. The van der Waals surface area contributed by atoms with E-state index in [1.807, 2.05) is 21.0 Å². The van der Waals surface area contributed by atoms with Crippen LogP contribution < -0.4 is 10.2 Å². The van der Waals surface area contributed by atoms with Crippen molar-refractivity contribution in [2.45, 2.75) is 19.8 Å². The Bertz CT molecular complexity index is 393. The summed E-state index contributed by atoms with van der Waals surface area (Å²) in [5, 5.41) is 3.07. The molecule has 0 aliphatic heterocycles. The molecule has 1 aliphatic carbocycles. The third-order valence-corrected chi connectivity index (χ3v) is 3.28. The van der Waals surface area contributed by atoms with Crippen LogP contribution in [0.15, 0.2) is 6.33 Å². The first-order valence-electron chi connectivity index (χ1n) is 6.50. The van der Waals surface area contributed by atoms with Gasteiger partial charge in [-0.25, -0.2) is 9.97 Å². The average molecular weight is 250 g/mol. The van der Waals surface area contributed by atoms with Gasteiger partial charge in [0.05, 0.1) is 6.61 Å². The monoisotopic (exact) mass is 250 g/mol. The number of rotatable bonds is 7. The molecule has 2 rings (SSSR count). The smallest absolute Gasteiger partial charge is 0.136 e. The van der Waals surface area contributed by atoms with Gasteiger partial charge in [0.2, 0.25) is 0 Å². The molecule has 0 unspecified atom stereocenters. The predicted octanol–water partition coefficient (Wildman–Crippen LogP) is 1.69. The third-order valence-electron chi connectivity index (χ3n) is 3.28. The van der Waals surface area contributed by atoms with Gasteiger partial charge in [-0.3, -0.25) is 0 Å². The van der Waals surface area contributed by atoms with E-state index in [0.29, 0.717) is 0 Å². The largest absolute Gasteiger partial charge is 0.379 e. The van der Waals surface area contributed by atoms with Crippen LogP contribution in [0.1, 0.15) is 18.4 Å². The lowest BCUT2D eigenvalue weighted by Gasteiger charge is -2.20. The van der Waals surface area contributed by atoms with Crippen LogP contribution in [-0.4, -0.2) is 43.8 Å². The molecule has 0 radical (unpaired) electrons. The van der Waals surface area contributed by atoms with Crippen molar-refractivity contribution in [3.05, 3.63) is 11.9 Å². The van der Waals surface area contributed by atoms with Crippen LogP contribution >= 0.6 is 0 Å². The molecule has 1 aliphatic rings. The van der Waals surface area contributed by atoms with E-state index in [1.54, 1.807) is 6.33 Å². The second-order valence-corrected chi connectivity index (χ2v) is 4.86. The Kier molecular flexibility index (Phi) is 4.36. The van der Waals surface area contributed by atoms with Gasteiger partial charge in [-0.15, -0.1) is 0 Å². The second-order valence-electron chi connectivity index (χ2n) is 4.86. The highest BCUT2D eigenvalue weighted by molar-refractivity contribution is 5.57. The summed E-state index contributed by atoms with van der Waals surface area (Å²) in [6.45, 7) is 4.56. The van der Waals surface area contributed by atoms with E-state index in [-0.39, 0.29) is 0 Å². The van der Waals surface area contributed by atoms with Crippen molar-refractivity contribution in [3.63, 3.8) is 0 Å². The van der Waals surface area contributed by atoms with Crippen LogP contribution in [0.2, 0.25) is 0 Å². The lowest BCUT2D eigenvalue weighted by atomic mass is 10.3. The Labute approximate surface area is 109 Å². The van der Waals surface area contributed by atoms with E-state index < -0.39 is 0 Å². The molecular weight excluding hydrogens is 228 g/mol. The zero-order valence-corrected chi connectivity index (χ0v) is 11.4. The lowest BCUT2D eigenvalue weighted by molar-refractivity contribution is 0.130. The number of nitrogens with one attached hydrogen (secondary N) is 1. The molecule has 5 nitrogen and oxygen atoms in total. The van der Waals surface area contributed by atoms with Crippen molar-refractivity contribution in [1.29, 1.82) is 0 Å². The van der Waals surface area contributed by atoms with E-state index in [2.05, 4.69) is 20.2 Å². The molecule has 0 aromatic carbocycles. The summed E-state index contributed by atoms with van der Waals surface area (Å²) in [6.07, 6.45) is 4.27. The number of ether oxygens (including phenoxy) is 1. The standard InChI is InChI=1S/C13H22N4O/c1-10-12(14-2)15-9-16-13(10)17(3)6-7-18-8-11-4-5-11/h9,11H,4-8H2,1-3H3,(H,14,15,16). The molecule has 0 spiro atoms. The Morgan fingerprint density at radius 2 is 2.22 bits per heavy atom. The van der Waals surface area contributed by atoms with Crippen LogP contribution in [-0.2, 0) is 4.74 Å². The van der Waals surface area contributed by atoms with Crippen LogP contribution in [0.5, 0.6) is 0 Å². The van der Waals surface area contributed by atoms with Gasteiger partial charge in [-0.1, -0.05) is 0 Å². The molecule has 0 saturated heterocycles. The number of anilines is 2. The number of likely N-dealkylation sites (N-methyl/N-ethyl adjacent to an activating group) is 1. The van der Waals surface area contributed by atoms with Gasteiger partial charge in [0.15, 0.2) is 0 Å². The molecule has 1 heterocycles. The summed E-state index contributed by atoms with van der Waals surface area (Å²) < 4.78 is 5.65. The molecule has 18 heavy (non-hydrogen) atoms. The van der Waals surface area contributed by atoms with Gasteiger partial charge in [0.1, 0.15) is 18.0 Å². The fourth-order valence-electron chi connectivity index (χ4n) is 1.92. The predicted molar refractivity (Wildman–Crippen MR) is 73.1 cm³/mol. The first-order valence-corrected chi connectivity index (χ1v) is 6.50. The minimum Gasteiger partial charge on any atom is -0.379 e. The molecule has 0 bridgehead atoms. The summed E-state index contributed by atoms with van der Waals surface area (Å²) in [5.74, 6) is 2.67. The van der Waals surface area contributed by atoms with Crippen LogP contribution in [0.25, 0.3) is 0 Å². The van der Waals surface area contributed by atoms with Crippen LogP contribution in [0, 0.1) is 12.8 Å². The third kappa shape index (κ3) is 3.32. The van der Waals surface area contributed by atoms with Crippen molar-refractivity contribution >= 4 is 11.6 Å². The van der Waals surface area contributed by atoms with E-state index in [0.717, 1.165) is 42.9 Å². The number of nitrogens with zero attached hydrogens (tertiary/aromatic N) is 3. The highest BCUT2D eigenvalue weighted by Gasteiger charge is 2.21. The summed E-state index contributed by atoms with van der Waals surface area (Å²) >= 11 is 0. The molecule has 100 valence electrons. The van der Waals surface area contributed by atoms with E-state index in [4.69, 9.17) is 4.74 Å². The van der Waals surface area contributed by atoms with Crippen molar-refractivity contribution < 1.29 is 4.74 Å². The average Bonchev–Trinajstić information content (AvgIpc) is 3.18. The zero-order valence-electron chi connectivity index (χ0n) is 11.4. The molecule has 1 aromatic heterocycles. The van der Waals surface area contributed by atoms with Crippen LogP contribution in [0.4, 0.5) is 11.6 Å². The Balaban J connectivity index is 1.84. The lowest BCUT2D eigenvalue weighted by Crippen LogP contribution is -2.25. The Morgan fingerprint density at radius 1 is 1.44 bits per heavy atom. The first-order chi connectivity index (χ1) is 8.72. The van der Waals surface area contributed by atoms with Gasteiger partial charge in [-0.2, -0.15) is 0 Å². The highest BCUT2D eigenvalue weighted by Crippen LogP contribution is 2.28. The quantitative estimate of drug-likeness (QED) is 0.746. The topological polar surface area (TPSA) is 50.3 Å². The maximum atomic E-state index is 5.65. The van der Waals surface area contributed by atoms with E-state index >= 15 is 0 Å². The first kappa shape index (κ1) is 13.1. The maximum absolute atomic E-state index is 5.65. The van der Waals surface area contributed by atoms with E-state index in [1.165, 1.54) is 12.8 Å². The van der Waals surface area contributed by atoms with Gasteiger partial charge in [0.25, 0.3) is 0 Å². The summed E-state index contributed by atoms with van der Waals surface area (Å²) in [4.78, 5) is 10.6. The zero-order chi connectivity index (χ0) is 13.0. The molecule has 1 saturated carbocycles. The van der Waals surface area contributed by atoms with Crippen molar-refractivity contribution in [2.75, 3.05) is 44.1 Å². The number of hydrogen-bond acceptors (Lipinski definition) is 5. The fourth-order valence-corrected chi connectivity index (χ4v) is 1.92. The number of aromatic nitrogens is 2. The molecule has 1 aromatic rings. The normalized spacial score (nSPS) is 14.6. The van der Waals surface area contributed by atoms with Gasteiger partial charge < -0.3 is 15.0 Å². The fraction of sp³-hybridized carbons (Fsp3) is 0.692. The highest BCUT2D eigenvalue weighted by atomic mass is 16.5. The van der Waals surface area contributed by atoms with Crippen molar-refractivity contribution in [1.82, 2.24) is 9.97 Å². The van der Waals surface area contributed by atoms with Crippen molar-refractivity contribution in [3.8, 4) is 0 Å². The van der Waals surface area contributed by atoms with Gasteiger partial charge in [0, 0.05) is 32.8 Å². The molecule has 0 atom stereocenters. The summed E-state index contributed by atoms with van der Waals surface area (Å²) in [7, 11) is 3.91. The summed E-state index contributed by atoms with van der Waals surface area (Å²) in [6, 6.07) is 0. The van der Waals surface area contributed by atoms with E-state index in [9.17, 15) is 0 Å². The van der Waals surface area contributed by atoms with Gasteiger partial charge >= 0.3 is 0 Å². The van der Waals surface area contributed by atoms with Crippen LogP contribution in [0.3, 0.4) is 0 Å². The van der Waals surface area contributed by atoms with Gasteiger partial charge in [-0.05, 0) is 25.7 Å². The minimum absolute atomic E-state index is 0.755. The van der Waals surface area contributed by atoms with Crippen molar-refractivity contribution in [2.24, 2.45) is 5.92 Å². The SMILES string of the molecule is CNc1ncnc(N(C)CCOCC2CC2)c1C. The minimum atomic E-state index is 0.755. The molecule has 1 fully saturated rings. The Morgan fingerprint density at radius 3 is 2.89 bits per heavy atom. The second kappa shape index (κ2) is 6.00. The molecule has 5 heteroatoms. The molecular formula is C13H22N4O. The molecule has 1 N–H and O–H groups in total. The maximum Gasteiger partial charge on any atom is 0.136 e. The number of hydrogen-bond donors (Lipinski definition) is 1.